The first-order chi connectivity index (χ1) is 30.9. The second-order valence-electron chi connectivity index (χ2n) is 18.0. The Morgan fingerprint density at radius 3 is 1.83 bits per heavy atom. The van der Waals surface area contributed by atoms with Gasteiger partial charge in [0.1, 0.15) is 0 Å². The predicted molar refractivity (Wildman–Crippen MR) is 271 cm³/mol. The van der Waals surface area contributed by atoms with E-state index in [1.54, 1.807) is 0 Å². The molecule has 0 aliphatic carbocycles. The minimum absolute atomic E-state index is 0. The summed E-state index contributed by atoms with van der Waals surface area (Å²) in [7, 11) is 4.42. The van der Waals surface area contributed by atoms with Crippen molar-refractivity contribution in [1.82, 2.24) is 10.2 Å². The molecule has 1 N–H and O–H groups in total. The predicted octanol–water partition coefficient (Wildman–Crippen LogP) is 13.5. The van der Waals surface area contributed by atoms with Gasteiger partial charge in [0.15, 0.2) is 5.78 Å². The van der Waals surface area contributed by atoms with Gasteiger partial charge < -0.3 is 14.7 Å². The molecular formula is C57H62BIrN4O2-. The Morgan fingerprint density at radius 1 is 0.677 bits per heavy atom. The molecule has 0 fully saturated rings. The molecule has 0 bridgehead atoms. The van der Waals surface area contributed by atoms with Crippen LogP contribution in [0.1, 0.15) is 79.7 Å². The molecular weight excluding hydrogens is 976 g/mol. The molecule has 1 aliphatic heterocycles. The van der Waals surface area contributed by atoms with Gasteiger partial charge in [-0.15, -0.1) is 29.1 Å². The maximum Gasteiger partial charge on any atom is 0.412 e. The SMILES string of the molecule is CCC(CC)C(=O)/C=C(\O)C(CC)CC.CN1B(c2c(-c3ccccc3)cccc2-c2ccccc2)N(C)c2cc(-c3cnnc(-c4[c-]c5ccccc5c(C(C)(C)C)c4)c3)ccc21.[Ir]. The number of aliphatic hydroxyl groups is 1. The molecule has 0 amide bonds. The van der Waals surface area contributed by atoms with E-state index < -0.39 is 0 Å². The molecule has 0 unspecified atom stereocenters. The fourth-order valence-corrected chi connectivity index (χ4v) is 9.20. The summed E-state index contributed by atoms with van der Waals surface area (Å²) < 4.78 is 0. The summed E-state index contributed by atoms with van der Waals surface area (Å²) in [6, 6.07) is 51.4. The van der Waals surface area contributed by atoms with Crippen molar-refractivity contribution in [3.8, 4) is 44.6 Å². The Hall–Kier alpha value is -5.82. The van der Waals surface area contributed by atoms with Crippen LogP contribution < -0.4 is 15.1 Å². The van der Waals surface area contributed by atoms with E-state index in [0.717, 1.165) is 53.5 Å². The van der Waals surface area contributed by atoms with Gasteiger partial charge in [0.05, 0.1) is 12.0 Å². The molecule has 0 atom stereocenters. The van der Waals surface area contributed by atoms with Crippen LogP contribution in [0.2, 0.25) is 0 Å². The summed E-state index contributed by atoms with van der Waals surface area (Å²) in [6.45, 7) is 14.8. The molecule has 0 saturated carbocycles. The minimum Gasteiger partial charge on any atom is -0.512 e. The largest absolute Gasteiger partial charge is 0.512 e. The van der Waals surface area contributed by atoms with Crippen molar-refractivity contribution in [3.05, 3.63) is 163 Å². The van der Waals surface area contributed by atoms with Crippen LogP contribution in [-0.2, 0) is 30.3 Å². The van der Waals surface area contributed by atoms with E-state index in [4.69, 9.17) is 0 Å². The van der Waals surface area contributed by atoms with Crippen LogP contribution in [0.3, 0.4) is 0 Å². The van der Waals surface area contributed by atoms with Gasteiger partial charge in [-0.05, 0) is 96.2 Å². The first kappa shape index (κ1) is 48.6. The number of aromatic nitrogens is 2. The number of fused-ring (bicyclic) bond motifs is 2. The third kappa shape index (κ3) is 10.5. The van der Waals surface area contributed by atoms with Crippen LogP contribution in [0.25, 0.3) is 55.4 Å². The normalized spacial score (nSPS) is 12.6. The van der Waals surface area contributed by atoms with Crippen LogP contribution >= 0.6 is 0 Å². The molecule has 1 aliphatic rings. The fraction of sp³-hybridized carbons (Fsp3) is 0.281. The Labute approximate surface area is 401 Å². The molecule has 0 spiro atoms. The van der Waals surface area contributed by atoms with E-state index >= 15 is 0 Å². The van der Waals surface area contributed by atoms with E-state index in [9.17, 15) is 9.90 Å². The Balaban J connectivity index is 0.000000378. The van der Waals surface area contributed by atoms with Gasteiger partial charge in [-0.3, -0.25) is 4.79 Å². The maximum atomic E-state index is 11.7. The van der Waals surface area contributed by atoms with Gasteiger partial charge in [0, 0.05) is 55.1 Å². The molecule has 335 valence electrons. The van der Waals surface area contributed by atoms with E-state index in [1.807, 2.05) is 33.9 Å². The van der Waals surface area contributed by atoms with Crippen molar-refractivity contribution in [1.29, 1.82) is 0 Å². The Bertz CT molecular complexity index is 2690. The standard InChI is InChI=1S/C44H38BN4.C13H24O2.Ir/c1-44(2,3)39-26-34(25-33-19-12-13-20-36(33)39)40-27-35(29-46-47-40)32-23-24-41-42(28-32)49(5)45(48(41)4)43-37(30-15-8-6-9-16-30)21-14-22-38(43)31-17-10-7-11-18-31;1-5-10(6-2)12(14)9-13(15)11(7-3)8-4;/h6-24,26-29H,1-5H3;9-11,14H,5-8H2,1-4H3;/q-1;;/b;12-9-;. The number of hydrogen-bond acceptors (Lipinski definition) is 6. The van der Waals surface area contributed by atoms with Gasteiger partial charge in [0.2, 0.25) is 0 Å². The summed E-state index contributed by atoms with van der Waals surface area (Å²) >= 11 is 0. The molecule has 6 aromatic carbocycles. The molecule has 2 heterocycles. The molecule has 8 rings (SSSR count). The second kappa shape index (κ2) is 21.4. The van der Waals surface area contributed by atoms with E-state index in [1.165, 1.54) is 56.1 Å². The number of benzene rings is 6. The van der Waals surface area contributed by atoms with Crippen LogP contribution in [0.4, 0.5) is 11.4 Å². The van der Waals surface area contributed by atoms with Gasteiger partial charge in [0.25, 0.3) is 0 Å². The topological polar surface area (TPSA) is 69.6 Å². The molecule has 7 aromatic rings. The van der Waals surface area contributed by atoms with Crippen molar-refractivity contribution in [3.63, 3.8) is 0 Å². The Kier molecular flexibility index (Phi) is 16.0. The maximum absolute atomic E-state index is 11.7. The zero-order valence-corrected chi connectivity index (χ0v) is 41.8. The van der Waals surface area contributed by atoms with Gasteiger partial charge in [-0.2, -0.15) is 10.2 Å². The smallest absolute Gasteiger partial charge is 0.412 e. The van der Waals surface area contributed by atoms with E-state index in [-0.39, 0.29) is 55.9 Å². The van der Waals surface area contributed by atoms with Gasteiger partial charge in [-0.1, -0.05) is 169 Å². The molecule has 1 aromatic heterocycles. The van der Waals surface area contributed by atoms with Crippen LogP contribution in [0, 0.1) is 17.9 Å². The van der Waals surface area contributed by atoms with Crippen LogP contribution in [0.5, 0.6) is 0 Å². The van der Waals surface area contributed by atoms with Crippen molar-refractivity contribution >= 4 is 40.4 Å². The molecule has 1 radical (unpaired) electrons. The number of rotatable bonds is 12. The minimum atomic E-state index is -0.0267. The van der Waals surface area contributed by atoms with Crippen molar-refractivity contribution in [2.75, 3.05) is 23.7 Å². The zero-order valence-electron chi connectivity index (χ0n) is 39.4. The monoisotopic (exact) mass is 1040 g/mol. The van der Waals surface area contributed by atoms with E-state index in [0.29, 0.717) is 0 Å². The fourth-order valence-electron chi connectivity index (χ4n) is 9.20. The summed E-state index contributed by atoms with van der Waals surface area (Å²) in [5.74, 6) is 0.547. The summed E-state index contributed by atoms with van der Waals surface area (Å²) in [6.07, 6.45) is 6.77. The molecule has 6 nitrogen and oxygen atoms in total. The first-order valence-corrected chi connectivity index (χ1v) is 22.9. The Morgan fingerprint density at radius 2 is 1.25 bits per heavy atom. The van der Waals surface area contributed by atoms with Crippen molar-refractivity contribution in [2.45, 2.75) is 79.6 Å². The van der Waals surface area contributed by atoms with E-state index in [2.05, 4.69) is 194 Å². The second-order valence-corrected chi connectivity index (χ2v) is 18.0. The van der Waals surface area contributed by atoms with Crippen molar-refractivity contribution in [2.24, 2.45) is 11.8 Å². The number of anilines is 2. The average Bonchev–Trinajstić information content (AvgIpc) is 3.57. The number of aliphatic hydroxyl groups excluding tert-OH is 1. The van der Waals surface area contributed by atoms with Crippen LogP contribution in [0.15, 0.2) is 151 Å². The first-order valence-electron chi connectivity index (χ1n) is 22.9. The summed E-state index contributed by atoms with van der Waals surface area (Å²) in [5.41, 5.74) is 13.7. The molecule has 65 heavy (non-hydrogen) atoms. The number of nitrogens with zero attached hydrogens (tertiary/aromatic N) is 4. The number of ketones is 1. The van der Waals surface area contributed by atoms with Gasteiger partial charge in [-0.25, -0.2) is 0 Å². The number of hydrogen-bond donors (Lipinski definition) is 1. The zero-order chi connectivity index (χ0) is 45.5. The third-order valence-corrected chi connectivity index (χ3v) is 12.9. The number of carbonyl (C=O) groups excluding carboxylic acids is 1. The summed E-state index contributed by atoms with van der Waals surface area (Å²) in [4.78, 5) is 16.5. The summed E-state index contributed by atoms with van der Waals surface area (Å²) in [5, 5.41) is 21.2. The van der Waals surface area contributed by atoms with Gasteiger partial charge >= 0.3 is 6.98 Å². The number of allylic oxidation sites excluding steroid dienone is 2. The third-order valence-electron chi connectivity index (χ3n) is 12.9. The average molecular weight is 1040 g/mol. The number of carbonyl (C=O) groups is 1. The molecule has 8 heteroatoms. The molecule has 0 saturated heterocycles. The quantitative estimate of drug-likeness (QED) is 0.0569. The van der Waals surface area contributed by atoms with Crippen molar-refractivity contribution < 1.29 is 30.0 Å². The van der Waals surface area contributed by atoms with Crippen LogP contribution in [-0.4, -0.2) is 42.2 Å².